The summed E-state index contributed by atoms with van der Waals surface area (Å²) in [5.41, 5.74) is 5.04. The molecule has 3 aromatic rings. The zero-order valence-corrected chi connectivity index (χ0v) is 19.6. The number of carbonyl (C=O) groups excluding carboxylic acids is 1. The van der Waals surface area contributed by atoms with Crippen LogP contribution in [0, 0.1) is 6.92 Å². The summed E-state index contributed by atoms with van der Waals surface area (Å²) < 4.78 is 16.9. The minimum absolute atomic E-state index is 0.196. The second kappa shape index (κ2) is 11.4. The van der Waals surface area contributed by atoms with E-state index in [4.69, 9.17) is 14.2 Å². The Morgan fingerprint density at radius 2 is 1.79 bits per heavy atom. The Balaban J connectivity index is 1.34. The number of rotatable bonds is 8. The predicted octanol–water partition coefficient (Wildman–Crippen LogP) is 5.07. The van der Waals surface area contributed by atoms with Crippen LogP contribution >= 0.6 is 0 Å². The number of aryl methyl sites for hydroxylation is 1. The molecule has 1 N–H and O–H groups in total. The number of hydrogen-bond donors (Lipinski definition) is 1. The topological polar surface area (TPSA) is 60.0 Å². The molecular formula is C28H30N2O4. The number of ether oxygens (including phenoxy) is 3. The van der Waals surface area contributed by atoms with Gasteiger partial charge in [0.2, 0.25) is 5.91 Å². The van der Waals surface area contributed by atoms with E-state index in [0.29, 0.717) is 18.1 Å². The van der Waals surface area contributed by atoms with E-state index >= 15 is 0 Å². The Labute approximate surface area is 200 Å². The number of anilines is 2. The lowest BCUT2D eigenvalue weighted by Crippen LogP contribution is -2.36. The lowest BCUT2D eigenvalue weighted by Gasteiger charge is -2.28. The molecule has 4 rings (SSSR count). The first-order chi connectivity index (χ1) is 16.6. The largest absolute Gasteiger partial charge is 0.493 e. The van der Waals surface area contributed by atoms with Crippen LogP contribution < -0.4 is 19.7 Å². The Morgan fingerprint density at radius 1 is 1.03 bits per heavy atom. The van der Waals surface area contributed by atoms with E-state index < -0.39 is 0 Å². The van der Waals surface area contributed by atoms with Gasteiger partial charge in [0, 0.05) is 30.5 Å². The third kappa shape index (κ3) is 6.17. The zero-order chi connectivity index (χ0) is 23.8. The molecule has 0 radical (unpaired) electrons. The van der Waals surface area contributed by atoms with Crippen LogP contribution in [0.4, 0.5) is 11.4 Å². The molecule has 0 aliphatic carbocycles. The first-order valence-electron chi connectivity index (χ1n) is 11.4. The quantitative estimate of drug-likeness (QED) is 0.478. The molecule has 0 atom stereocenters. The second-order valence-electron chi connectivity index (χ2n) is 8.09. The van der Waals surface area contributed by atoms with Gasteiger partial charge >= 0.3 is 0 Å². The number of methoxy groups -OCH3 is 1. The fourth-order valence-corrected chi connectivity index (χ4v) is 3.77. The average molecular weight is 459 g/mol. The summed E-state index contributed by atoms with van der Waals surface area (Å²) in [7, 11) is 1.61. The van der Waals surface area contributed by atoms with E-state index in [1.54, 1.807) is 13.2 Å². The minimum Gasteiger partial charge on any atom is -0.493 e. The van der Waals surface area contributed by atoms with Gasteiger partial charge < -0.3 is 24.4 Å². The van der Waals surface area contributed by atoms with Gasteiger partial charge in [0.05, 0.1) is 20.3 Å². The third-order valence-electron chi connectivity index (χ3n) is 5.77. The third-order valence-corrected chi connectivity index (χ3v) is 5.77. The fraction of sp³-hybridized carbons (Fsp3) is 0.250. The highest BCUT2D eigenvalue weighted by molar-refractivity contribution is 6.02. The van der Waals surface area contributed by atoms with Crippen molar-refractivity contribution in [2.75, 3.05) is 43.6 Å². The van der Waals surface area contributed by atoms with Crippen molar-refractivity contribution < 1.29 is 19.0 Å². The Hall–Kier alpha value is -3.77. The van der Waals surface area contributed by atoms with Gasteiger partial charge in [-0.05, 0) is 66.1 Å². The number of carbonyl (C=O) groups is 1. The van der Waals surface area contributed by atoms with Crippen molar-refractivity contribution in [3.8, 4) is 11.5 Å². The van der Waals surface area contributed by atoms with E-state index in [0.717, 1.165) is 48.8 Å². The molecule has 3 aromatic carbocycles. The van der Waals surface area contributed by atoms with Gasteiger partial charge in [0.25, 0.3) is 0 Å². The van der Waals surface area contributed by atoms with Crippen molar-refractivity contribution in [1.82, 2.24) is 0 Å². The van der Waals surface area contributed by atoms with E-state index in [9.17, 15) is 4.79 Å². The van der Waals surface area contributed by atoms with Crippen LogP contribution in [0.1, 0.15) is 16.7 Å². The van der Waals surface area contributed by atoms with Gasteiger partial charge in [-0.25, -0.2) is 0 Å². The normalized spacial score (nSPS) is 13.6. The Bertz CT molecular complexity index is 1140. The van der Waals surface area contributed by atoms with Crippen LogP contribution in [-0.4, -0.2) is 39.3 Å². The van der Waals surface area contributed by atoms with Gasteiger partial charge in [0.15, 0.2) is 11.5 Å². The van der Waals surface area contributed by atoms with E-state index in [1.165, 1.54) is 11.6 Å². The molecular weight excluding hydrogens is 428 g/mol. The summed E-state index contributed by atoms with van der Waals surface area (Å²) in [6.45, 7) is 5.78. The van der Waals surface area contributed by atoms with Crippen LogP contribution in [0.25, 0.3) is 6.08 Å². The Morgan fingerprint density at radius 3 is 2.53 bits per heavy atom. The monoisotopic (exact) mass is 458 g/mol. The molecule has 1 aliphatic rings. The molecule has 0 spiro atoms. The fourth-order valence-electron chi connectivity index (χ4n) is 3.77. The molecule has 0 unspecified atom stereocenters. The number of nitrogens with one attached hydrogen (secondary N) is 1. The van der Waals surface area contributed by atoms with Crippen LogP contribution in [0.5, 0.6) is 11.5 Å². The summed E-state index contributed by atoms with van der Waals surface area (Å²) >= 11 is 0. The highest BCUT2D eigenvalue weighted by Crippen LogP contribution is 2.29. The van der Waals surface area contributed by atoms with Crippen LogP contribution in [0.2, 0.25) is 0 Å². The molecule has 0 saturated carbocycles. The maximum Gasteiger partial charge on any atom is 0.248 e. The van der Waals surface area contributed by atoms with E-state index in [2.05, 4.69) is 23.2 Å². The lowest BCUT2D eigenvalue weighted by molar-refractivity contribution is -0.111. The molecule has 176 valence electrons. The smallest absolute Gasteiger partial charge is 0.248 e. The average Bonchev–Trinajstić information content (AvgIpc) is 2.88. The first kappa shape index (κ1) is 23.4. The van der Waals surface area contributed by atoms with Crippen LogP contribution in [-0.2, 0) is 16.1 Å². The summed E-state index contributed by atoms with van der Waals surface area (Å²) in [5.74, 6) is 1.08. The summed E-state index contributed by atoms with van der Waals surface area (Å²) in [4.78, 5) is 14.7. The maximum atomic E-state index is 12.4. The van der Waals surface area contributed by atoms with Crippen molar-refractivity contribution >= 4 is 23.4 Å². The highest BCUT2D eigenvalue weighted by atomic mass is 16.5. The lowest BCUT2D eigenvalue weighted by atomic mass is 10.1. The second-order valence-corrected chi connectivity index (χ2v) is 8.09. The molecule has 34 heavy (non-hydrogen) atoms. The van der Waals surface area contributed by atoms with Crippen molar-refractivity contribution in [2.24, 2.45) is 0 Å². The number of benzene rings is 3. The number of hydrogen-bond acceptors (Lipinski definition) is 5. The van der Waals surface area contributed by atoms with E-state index in [-0.39, 0.29) is 5.91 Å². The van der Waals surface area contributed by atoms with E-state index in [1.807, 2.05) is 60.7 Å². The highest BCUT2D eigenvalue weighted by Gasteiger charge is 2.11. The van der Waals surface area contributed by atoms with Crippen LogP contribution in [0.15, 0.2) is 72.8 Å². The molecule has 0 bridgehead atoms. The molecule has 6 nitrogen and oxygen atoms in total. The number of nitrogens with zero attached hydrogens (tertiary/aromatic N) is 1. The molecule has 6 heteroatoms. The first-order valence-corrected chi connectivity index (χ1v) is 11.4. The molecule has 1 aliphatic heterocycles. The summed E-state index contributed by atoms with van der Waals surface area (Å²) in [6, 6.07) is 21.6. The SMILES string of the molecule is COc1cc(C=CC(=O)Nc2ccc(N3CCOCC3)cc2)ccc1OCc1ccccc1C. The standard InChI is InChI=1S/C28H30N2O4/c1-21-5-3-4-6-23(21)20-34-26-13-7-22(19-27(26)32-2)8-14-28(31)29-24-9-11-25(12-10-24)30-15-17-33-18-16-30/h3-14,19H,15-18,20H2,1-2H3,(H,29,31). The molecule has 1 amide bonds. The van der Waals surface area contributed by atoms with Gasteiger partial charge in [-0.1, -0.05) is 30.3 Å². The number of morpholine rings is 1. The predicted molar refractivity (Wildman–Crippen MR) is 136 cm³/mol. The van der Waals surface area contributed by atoms with Crippen LogP contribution in [0.3, 0.4) is 0 Å². The maximum absolute atomic E-state index is 12.4. The minimum atomic E-state index is -0.196. The van der Waals surface area contributed by atoms with Gasteiger partial charge in [-0.2, -0.15) is 0 Å². The number of amides is 1. The summed E-state index contributed by atoms with van der Waals surface area (Å²) in [6.07, 6.45) is 3.27. The van der Waals surface area contributed by atoms with Crippen molar-refractivity contribution in [3.63, 3.8) is 0 Å². The van der Waals surface area contributed by atoms with Gasteiger partial charge in [-0.15, -0.1) is 0 Å². The van der Waals surface area contributed by atoms with Crippen molar-refractivity contribution in [2.45, 2.75) is 13.5 Å². The summed E-state index contributed by atoms with van der Waals surface area (Å²) in [5, 5.41) is 2.90. The molecule has 1 saturated heterocycles. The van der Waals surface area contributed by atoms with Crippen molar-refractivity contribution in [3.05, 3.63) is 89.5 Å². The van der Waals surface area contributed by atoms with Gasteiger partial charge in [-0.3, -0.25) is 4.79 Å². The molecule has 0 aromatic heterocycles. The Kier molecular flexibility index (Phi) is 7.83. The zero-order valence-electron chi connectivity index (χ0n) is 19.6. The van der Waals surface area contributed by atoms with Gasteiger partial charge in [0.1, 0.15) is 6.61 Å². The van der Waals surface area contributed by atoms with Crippen molar-refractivity contribution in [1.29, 1.82) is 0 Å². The molecule has 1 heterocycles. The molecule has 1 fully saturated rings.